The van der Waals surface area contributed by atoms with Crippen molar-refractivity contribution in [3.63, 3.8) is 0 Å². The second-order valence-electron chi connectivity index (χ2n) is 4.11. The molecule has 0 radical (unpaired) electrons. The molecule has 0 atom stereocenters. The molecule has 100 valence electrons. The smallest absolute Gasteiger partial charge is 0.226 e. The number of nitrogens with one attached hydrogen (secondary N) is 1. The lowest BCUT2D eigenvalue weighted by Crippen LogP contribution is -2.12. The lowest BCUT2D eigenvalue weighted by atomic mass is 10.3. The molecule has 0 aliphatic rings. The fourth-order valence-corrected chi connectivity index (χ4v) is 2.24. The summed E-state index contributed by atoms with van der Waals surface area (Å²) >= 11 is 1.44. The van der Waals surface area contributed by atoms with Gasteiger partial charge in [0.15, 0.2) is 5.13 Å². The second kappa shape index (κ2) is 6.89. The number of para-hydroxylation sites is 1. The number of nitrogens with zero attached hydrogens (tertiary/aromatic N) is 1. The van der Waals surface area contributed by atoms with Gasteiger partial charge in [-0.05, 0) is 25.5 Å². The number of hydrogen-bond acceptors (Lipinski definition) is 4. The van der Waals surface area contributed by atoms with Crippen molar-refractivity contribution >= 4 is 22.4 Å². The van der Waals surface area contributed by atoms with Gasteiger partial charge in [0.2, 0.25) is 5.91 Å². The molecule has 0 spiro atoms. The van der Waals surface area contributed by atoms with Gasteiger partial charge in [0.25, 0.3) is 0 Å². The van der Waals surface area contributed by atoms with E-state index in [9.17, 15) is 4.79 Å². The lowest BCUT2D eigenvalue weighted by molar-refractivity contribution is -0.116. The normalized spacial score (nSPS) is 10.2. The summed E-state index contributed by atoms with van der Waals surface area (Å²) in [4.78, 5) is 15.8. The zero-order valence-corrected chi connectivity index (χ0v) is 11.6. The summed E-state index contributed by atoms with van der Waals surface area (Å²) in [7, 11) is 0. The second-order valence-corrected chi connectivity index (χ2v) is 4.97. The molecule has 0 aliphatic carbocycles. The van der Waals surface area contributed by atoms with E-state index < -0.39 is 0 Å². The van der Waals surface area contributed by atoms with Gasteiger partial charge in [-0.3, -0.25) is 4.79 Å². The number of rotatable bonds is 6. The monoisotopic (exact) mass is 276 g/mol. The molecule has 0 saturated heterocycles. The molecule has 0 saturated carbocycles. The quantitative estimate of drug-likeness (QED) is 0.824. The van der Waals surface area contributed by atoms with Crippen molar-refractivity contribution in [2.45, 2.75) is 19.8 Å². The van der Waals surface area contributed by atoms with Gasteiger partial charge in [0, 0.05) is 11.8 Å². The van der Waals surface area contributed by atoms with E-state index in [4.69, 9.17) is 4.74 Å². The first-order chi connectivity index (χ1) is 9.24. The van der Waals surface area contributed by atoms with E-state index in [1.54, 1.807) is 0 Å². The molecule has 4 nitrogen and oxygen atoms in total. The number of aromatic nitrogens is 1. The molecule has 19 heavy (non-hydrogen) atoms. The van der Waals surface area contributed by atoms with Crippen LogP contribution in [-0.2, 0) is 4.79 Å². The Kier molecular flexibility index (Phi) is 4.92. The number of anilines is 1. The number of amides is 1. The Morgan fingerprint density at radius 3 is 2.84 bits per heavy atom. The lowest BCUT2D eigenvalue weighted by Gasteiger charge is -2.05. The maximum atomic E-state index is 11.6. The molecule has 1 N–H and O–H groups in total. The van der Waals surface area contributed by atoms with Crippen LogP contribution in [0.5, 0.6) is 5.75 Å². The van der Waals surface area contributed by atoms with Crippen molar-refractivity contribution in [3.05, 3.63) is 41.4 Å². The molecular formula is C14H16N2O2S. The van der Waals surface area contributed by atoms with Gasteiger partial charge in [0.05, 0.1) is 12.3 Å². The number of ether oxygens (including phenoxy) is 1. The molecule has 0 fully saturated rings. The highest BCUT2D eigenvalue weighted by molar-refractivity contribution is 7.13. The van der Waals surface area contributed by atoms with Crippen LogP contribution in [0, 0.1) is 6.92 Å². The highest BCUT2D eigenvalue weighted by Gasteiger charge is 2.05. The Hall–Kier alpha value is -1.88. The molecular weight excluding hydrogens is 260 g/mol. The molecule has 0 aliphatic heterocycles. The summed E-state index contributed by atoms with van der Waals surface area (Å²) in [5, 5.41) is 5.34. The van der Waals surface area contributed by atoms with Crippen LogP contribution >= 0.6 is 11.3 Å². The van der Waals surface area contributed by atoms with Crippen molar-refractivity contribution in [3.8, 4) is 5.75 Å². The van der Waals surface area contributed by atoms with Crippen LogP contribution in [0.15, 0.2) is 35.7 Å². The molecule has 1 heterocycles. The number of benzene rings is 1. The Labute approximate surface area is 116 Å². The topological polar surface area (TPSA) is 51.2 Å². The minimum atomic E-state index is -0.0222. The van der Waals surface area contributed by atoms with E-state index in [0.29, 0.717) is 24.6 Å². The van der Waals surface area contributed by atoms with Crippen LogP contribution in [0.3, 0.4) is 0 Å². The number of carbonyl (C=O) groups excluding carboxylic acids is 1. The van der Waals surface area contributed by atoms with Crippen molar-refractivity contribution in [1.29, 1.82) is 0 Å². The first kappa shape index (κ1) is 13.5. The Morgan fingerprint density at radius 1 is 1.37 bits per heavy atom. The largest absolute Gasteiger partial charge is 0.494 e. The van der Waals surface area contributed by atoms with Gasteiger partial charge in [-0.25, -0.2) is 4.98 Å². The van der Waals surface area contributed by atoms with Gasteiger partial charge in [-0.1, -0.05) is 18.2 Å². The van der Waals surface area contributed by atoms with Crippen LogP contribution in [0.2, 0.25) is 0 Å². The average molecular weight is 276 g/mol. The summed E-state index contributed by atoms with van der Waals surface area (Å²) in [6.45, 7) is 2.44. The maximum Gasteiger partial charge on any atom is 0.226 e. The first-order valence-corrected chi connectivity index (χ1v) is 7.02. The van der Waals surface area contributed by atoms with Gasteiger partial charge in [-0.2, -0.15) is 0 Å². The number of aryl methyl sites for hydroxylation is 1. The van der Waals surface area contributed by atoms with E-state index in [1.807, 2.05) is 42.6 Å². The predicted octanol–water partition coefficient (Wildman–Crippen LogP) is 3.25. The molecule has 0 bridgehead atoms. The van der Waals surface area contributed by atoms with Crippen molar-refractivity contribution in [2.75, 3.05) is 11.9 Å². The van der Waals surface area contributed by atoms with Crippen molar-refractivity contribution in [1.82, 2.24) is 4.98 Å². The Bertz CT molecular complexity index is 525. The highest BCUT2D eigenvalue weighted by atomic mass is 32.1. The van der Waals surface area contributed by atoms with Crippen molar-refractivity contribution in [2.24, 2.45) is 0 Å². The standard InChI is InChI=1S/C14H16N2O2S/c1-11-10-19-14(15-11)16-13(17)8-5-9-18-12-6-3-2-4-7-12/h2-4,6-7,10H,5,8-9H2,1H3,(H,15,16,17). The van der Waals surface area contributed by atoms with Gasteiger partial charge in [0.1, 0.15) is 5.75 Å². The van der Waals surface area contributed by atoms with E-state index in [-0.39, 0.29) is 5.91 Å². The van der Waals surface area contributed by atoms with Gasteiger partial charge in [-0.15, -0.1) is 11.3 Å². The summed E-state index contributed by atoms with van der Waals surface area (Å²) in [6.07, 6.45) is 1.12. The molecule has 1 aromatic carbocycles. The van der Waals surface area contributed by atoms with E-state index in [2.05, 4.69) is 10.3 Å². The number of hydrogen-bond donors (Lipinski definition) is 1. The van der Waals surface area contributed by atoms with Crippen LogP contribution in [0.4, 0.5) is 5.13 Å². The van der Waals surface area contributed by atoms with E-state index in [0.717, 1.165) is 11.4 Å². The zero-order valence-electron chi connectivity index (χ0n) is 10.8. The molecule has 1 amide bonds. The minimum absolute atomic E-state index is 0.0222. The van der Waals surface area contributed by atoms with Crippen LogP contribution in [0.1, 0.15) is 18.5 Å². The van der Waals surface area contributed by atoms with Crippen molar-refractivity contribution < 1.29 is 9.53 Å². The van der Waals surface area contributed by atoms with Crippen LogP contribution in [0.25, 0.3) is 0 Å². The number of carbonyl (C=O) groups is 1. The molecule has 2 rings (SSSR count). The molecule has 1 aromatic heterocycles. The number of thiazole rings is 1. The fourth-order valence-electron chi connectivity index (χ4n) is 1.53. The molecule has 5 heteroatoms. The minimum Gasteiger partial charge on any atom is -0.494 e. The summed E-state index contributed by atoms with van der Waals surface area (Å²) in [5.41, 5.74) is 0.924. The average Bonchev–Trinajstić information content (AvgIpc) is 2.81. The summed E-state index contributed by atoms with van der Waals surface area (Å²) in [6, 6.07) is 9.59. The fraction of sp³-hybridized carbons (Fsp3) is 0.286. The van der Waals surface area contributed by atoms with Crippen LogP contribution < -0.4 is 10.1 Å². The summed E-state index contributed by atoms with van der Waals surface area (Å²) in [5.74, 6) is 0.810. The third kappa shape index (κ3) is 4.71. The molecule has 0 unspecified atom stereocenters. The van der Waals surface area contributed by atoms with Gasteiger partial charge < -0.3 is 10.1 Å². The highest BCUT2D eigenvalue weighted by Crippen LogP contribution is 2.15. The Morgan fingerprint density at radius 2 is 2.16 bits per heavy atom. The SMILES string of the molecule is Cc1csc(NC(=O)CCCOc2ccccc2)n1. The third-order valence-corrected chi connectivity index (χ3v) is 3.30. The zero-order chi connectivity index (χ0) is 13.5. The van der Waals surface area contributed by atoms with E-state index >= 15 is 0 Å². The Balaban J connectivity index is 1.64. The van der Waals surface area contributed by atoms with Gasteiger partial charge >= 0.3 is 0 Å². The summed E-state index contributed by atoms with van der Waals surface area (Å²) < 4.78 is 5.52. The maximum absolute atomic E-state index is 11.6. The third-order valence-electron chi connectivity index (χ3n) is 2.43. The molecule has 2 aromatic rings. The van der Waals surface area contributed by atoms with Crippen LogP contribution in [-0.4, -0.2) is 17.5 Å². The first-order valence-electron chi connectivity index (χ1n) is 6.14. The van der Waals surface area contributed by atoms with E-state index in [1.165, 1.54) is 11.3 Å². The predicted molar refractivity (Wildman–Crippen MR) is 76.7 cm³/mol.